The van der Waals surface area contributed by atoms with Crippen LogP contribution in [0.3, 0.4) is 0 Å². The molecule has 3 rings (SSSR count). The number of nitrogens with one attached hydrogen (secondary N) is 1. The third-order valence-electron chi connectivity index (χ3n) is 4.55. The Morgan fingerprint density at radius 1 is 1.13 bits per heavy atom. The van der Waals surface area contributed by atoms with Gasteiger partial charge in [-0.3, -0.25) is 4.79 Å². The number of aromatic nitrogens is 3. The van der Waals surface area contributed by atoms with Crippen LogP contribution in [0, 0.1) is 6.92 Å². The zero-order valence-electron chi connectivity index (χ0n) is 17.6. The molecule has 0 aliphatic carbocycles. The van der Waals surface area contributed by atoms with Crippen molar-refractivity contribution in [2.24, 2.45) is 0 Å². The van der Waals surface area contributed by atoms with Crippen LogP contribution in [-0.4, -0.2) is 33.5 Å². The summed E-state index contributed by atoms with van der Waals surface area (Å²) in [5, 5.41) is 12.2. The average Bonchev–Trinajstić information content (AvgIpc) is 3.17. The van der Waals surface area contributed by atoms with Crippen molar-refractivity contribution in [3.63, 3.8) is 0 Å². The molecule has 3 aromatic rings. The van der Waals surface area contributed by atoms with Crippen molar-refractivity contribution in [3.8, 4) is 11.5 Å². The summed E-state index contributed by atoms with van der Waals surface area (Å²) in [6.45, 7) is 6.59. The summed E-state index contributed by atoms with van der Waals surface area (Å²) < 4.78 is 13.1. The predicted octanol–water partition coefficient (Wildman–Crippen LogP) is 4.49. The monoisotopic (exact) mass is 426 g/mol. The van der Waals surface area contributed by atoms with Crippen LogP contribution in [0.15, 0.2) is 53.7 Å². The van der Waals surface area contributed by atoms with Crippen LogP contribution in [0.2, 0.25) is 0 Å². The number of methoxy groups -OCH3 is 1. The molecule has 8 heteroatoms. The molecule has 1 atom stereocenters. The van der Waals surface area contributed by atoms with E-state index in [9.17, 15) is 4.79 Å². The number of amides is 1. The molecule has 0 saturated heterocycles. The Morgan fingerprint density at radius 2 is 1.83 bits per heavy atom. The van der Waals surface area contributed by atoms with Gasteiger partial charge >= 0.3 is 0 Å². The van der Waals surface area contributed by atoms with Crippen LogP contribution in [0.1, 0.15) is 31.3 Å². The van der Waals surface area contributed by atoms with Crippen molar-refractivity contribution in [1.82, 2.24) is 14.8 Å². The Bertz CT molecular complexity index is 988. The highest BCUT2D eigenvalue weighted by atomic mass is 32.2. The Labute approximate surface area is 180 Å². The number of rotatable bonds is 9. The minimum Gasteiger partial charge on any atom is -0.497 e. The highest BCUT2D eigenvalue weighted by Crippen LogP contribution is 2.26. The third-order valence-corrected chi connectivity index (χ3v) is 5.52. The second-order valence-electron chi connectivity index (χ2n) is 6.67. The first-order valence-corrected chi connectivity index (χ1v) is 10.7. The van der Waals surface area contributed by atoms with E-state index in [-0.39, 0.29) is 17.8 Å². The van der Waals surface area contributed by atoms with E-state index in [1.54, 1.807) is 7.11 Å². The zero-order chi connectivity index (χ0) is 21.5. The molecule has 0 aliphatic heterocycles. The molecule has 0 aliphatic rings. The lowest BCUT2D eigenvalue weighted by Gasteiger charge is -2.16. The first-order chi connectivity index (χ1) is 14.5. The molecular formula is C22H26N4O3S. The fourth-order valence-corrected chi connectivity index (χ4v) is 3.75. The summed E-state index contributed by atoms with van der Waals surface area (Å²) in [4.78, 5) is 12.3. The Morgan fingerprint density at radius 3 is 2.50 bits per heavy atom. The summed E-state index contributed by atoms with van der Waals surface area (Å²) in [7, 11) is 1.63. The zero-order valence-corrected chi connectivity index (χ0v) is 18.4. The molecule has 1 aromatic heterocycles. The number of hydrogen-bond donors (Lipinski definition) is 1. The maximum Gasteiger partial charge on any atom is 0.234 e. The molecule has 0 bridgehead atoms. The van der Waals surface area contributed by atoms with E-state index in [1.165, 1.54) is 11.8 Å². The maximum absolute atomic E-state index is 12.3. The van der Waals surface area contributed by atoms with Crippen molar-refractivity contribution in [2.45, 2.75) is 38.6 Å². The Kier molecular flexibility index (Phi) is 7.35. The number of para-hydroxylation sites is 1. The minimum absolute atomic E-state index is 0.0796. The van der Waals surface area contributed by atoms with Gasteiger partial charge in [0.15, 0.2) is 17.1 Å². The van der Waals surface area contributed by atoms with E-state index in [4.69, 9.17) is 9.47 Å². The SMILES string of the molecule is CCn1c(SCC(=O)Nc2ccccc2C)nnc1C(C)Oc1ccc(OC)cc1. The van der Waals surface area contributed by atoms with Crippen molar-refractivity contribution in [3.05, 3.63) is 59.9 Å². The fraction of sp³-hybridized carbons (Fsp3) is 0.318. The van der Waals surface area contributed by atoms with Crippen LogP contribution in [0.25, 0.3) is 0 Å². The van der Waals surface area contributed by atoms with Crippen LogP contribution in [0.5, 0.6) is 11.5 Å². The molecule has 7 nitrogen and oxygen atoms in total. The molecule has 1 N–H and O–H groups in total. The summed E-state index contributed by atoms with van der Waals surface area (Å²) in [6.07, 6.45) is -0.291. The van der Waals surface area contributed by atoms with Crippen molar-refractivity contribution >= 4 is 23.4 Å². The summed E-state index contributed by atoms with van der Waals surface area (Å²) in [5.41, 5.74) is 1.85. The standard InChI is InChI=1S/C22H26N4O3S/c1-5-26-21(16(3)29-18-12-10-17(28-4)11-13-18)24-25-22(26)30-14-20(27)23-19-9-7-6-8-15(19)2/h6-13,16H,5,14H2,1-4H3,(H,23,27). The van der Waals surface area contributed by atoms with Crippen molar-refractivity contribution in [1.29, 1.82) is 0 Å². The molecule has 0 fully saturated rings. The lowest BCUT2D eigenvalue weighted by atomic mass is 10.2. The Balaban J connectivity index is 1.62. The fourth-order valence-electron chi connectivity index (χ4n) is 2.95. The highest BCUT2D eigenvalue weighted by Gasteiger charge is 2.19. The van der Waals surface area contributed by atoms with Gasteiger partial charge < -0.3 is 19.4 Å². The molecule has 30 heavy (non-hydrogen) atoms. The van der Waals surface area contributed by atoms with Gasteiger partial charge in [-0.15, -0.1) is 10.2 Å². The van der Waals surface area contributed by atoms with Crippen molar-refractivity contribution < 1.29 is 14.3 Å². The summed E-state index contributed by atoms with van der Waals surface area (Å²) in [5.74, 6) is 2.38. The van der Waals surface area contributed by atoms with E-state index >= 15 is 0 Å². The Hall–Kier alpha value is -3.00. The van der Waals surface area contributed by atoms with Gasteiger partial charge in [0.05, 0.1) is 12.9 Å². The molecule has 1 unspecified atom stereocenters. The topological polar surface area (TPSA) is 78.3 Å². The molecular weight excluding hydrogens is 400 g/mol. The van der Waals surface area contributed by atoms with E-state index in [1.807, 2.05) is 73.9 Å². The number of anilines is 1. The van der Waals surface area contributed by atoms with Gasteiger partial charge in [-0.25, -0.2) is 0 Å². The van der Waals surface area contributed by atoms with E-state index in [2.05, 4.69) is 15.5 Å². The van der Waals surface area contributed by atoms with E-state index in [0.29, 0.717) is 11.7 Å². The van der Waals surface area contributed by atoms with Gasteiger partial charge in [0.25, 0.3) is 0 Å². The van der Waals surface area contributed by atoms with E-state index in [0.717, 1.165) is 28.6 Å². The molecule has 1 heterocycles. The highest BCUT2D eigenvalue weighted by molar-refractivity contribution is 7.99. The van der Waals surface area contributed by atoms with Crippen LogP contribution < -0.4 is 14.8 Å². The lowest BCUT2D eigenvalue weighted by Crippen LogP contribution is -2.16. The minimum atomic E-state index is -0.291. The maximum atomic E-state index is 12.3. The normalized spacial score (nSPS) is 11.7. The van der Waals surface area contributed by atoms with Crippen molar-refractivity contribution in [2.75, 3.05) is 18.2 Å². The quantitative estimate of drug-likeness (QED) is 0.508. The smallest absolute Gasteiger partial charge is 0.234 e. The van der Waals surface area contributed by atoms with Gasteiger partial charge in [-0.2, -0.15) is 0 Å². The van der Waals surface area contributed by atoms with Crippen LogP contribution in [-0.2, 0) is 11.3 Å². The second kappa shape index (κ2) is 10.2. The average molecular weight is 427 g/mol. The molecule has 0 spiro atoms. The molecule has 0 saturated carbocycles. The van der Waals surface area contributed by atoms with Crippen LogP contribution in [0.4, 0.5) is 5.69 Å². The summed E-state index contributed by atoms with van der Waals surface area (Å²) >= 11 is 1.36. The molecule has 2 aromatic carbocycles. The third kappa shape index (κ3) is 5.33. The molecule has 158 valence electrons. The number of hydrogen-bond acceptors (Lipinski definition) is 6. The number of thioether (sulfide) groups is 1. The first-order valence-electron chi connectivity index (χ1n) is 9.74. The van der Waals surface area contributed by atoms with Gasteiger partial charge in [0, 0.05) is 12.2 Å². The van der Waals surface area contributed by atoms with Crippen LogP contribution >= 0.6 is 11.8 Å². The van der Waals surface area contributed by atoms with Gasteiger partial charge in [-0.05, 0) is 56.7 Å². The molecule has 1 amide bonds. The van der Waals surface area contributed by atoms with E-state index < -0.39 is 0 Å². The van der Waals surface area contributed by atoms with Gasteiger partial charge in [0.2, 0.25) is 5.91 Å². The lowest BCUT2D eigenvalue weighted by molar-refractivity contribution is -0.113. The number of ether oxygens (including phenoxy) is 2. The summed E-state index contributed by atoms with van der Waals surface area (Å²) in [6, 6.07) is 15.1. The first kappa shape index (κ1) is 21.7. The predicted molar refractivity (Wildman–Crippen MR) is 118 cm³/mol. The van der Waals surface area contributed by atoms with Gasteiger partial charge in [-0.1, -0.05) is 30.0 Å². The number of carbonyl (C=O) groups is 1. The number of benzene rings is 2. The number of carbonyl (C=O) groups excluding carboxylic acids is 1. The second-order valence-corrected chi connectivity index (χ2v) is 7.61. The number of nitrogens with zero attached hydrogens (tertiary/aromatic N) is 3. The largest absolute Gasteiger partial charge is 0.497 e. The molecule has 0 radical (unpaired) electrons. The van der Waals surface area contributed by atoms with Gasteiger partial charge in [0.1, 0.15) is 11.5 Å². The number of aryl methyl sites for hydroxylation is 1.